The molecule has 0 bridgehead atoms. The first-order valence-corrected chi connectivity index (χ1v) is 8.25. The molecular weight excluding hydrogens is 282 g/mol. The molecule has 2 aliphatic rings. The van der Waals surface area contributed by atoms with Crippen molar-refractivity contribution in [2.45, 2.75) is 69.9 Å². The van der Waals surface area contributed by atoms with E-state index in [9.17, 15) is 14.7 Å². The summed E-state index contributed by atoms with van der Waals surface area (Å²) in [5.74, 6) is 2.03. The van der Waals surface area contributed by atoms with Crippen molar-refractivity contribution in [2.24, 2.45) is 11.8 Å². The fourth-order valence-corrected chi connectivity index (χ4v) is 3.28. The maximum Gasteiger partial charge on any atom is 0.408 e. The smallest absolute Gasteiger partial charge is 0.408 e. The zero-order valence-corrected chi connectivity index (χ0v) is 12.9. The standard InChI is InChI=1S/C17H25NO4/c1-2-3-5-10-13-11-14(13)22-17(21)18-15(16(19)20)12-8-6-4-7-9-12/h1,12-15H,3-11H2,(H,18,21)(H,19,20)/t13-,14-,15+/m1/s1. The van der Waals surface area contributed by atoms with Crippen LogP contribution in [-0.4, -0.2) is 29.3 Å². The molecular formula is C17H25NO4. The van der Waals surface area contributed by atoms with Gasteiger partial charge in [-0.25, -0.2) is 9.59 Å². The molecule has 0 spiro atoms. The molecule has 1 amide bonds. The summed E-state index contributed by atoms with van der Waals surface area (Å²) in [5.41, 5.74) is 0. The van der Waals surface area contributed by atoms with Crippen LogP contribution < -0.4 is 5.32 Å². The second kappa shape index (κ2) is 8.07. The van der Waals surface area contributed by atoms with E-state index in [1.54, 1.807) is 0 Å². The van der Waals surface area contributed by atoms with Gasteiger partial charge >= 0.3 is 12.1 Å². The van der Waals surface area contributed by atoms with Gasteiger partial charge in [0.1, 0.15) is 12.1 Å². The summed E-state index contributed by atoms with van der Waals surface area (Å²) < 4.78 is 5.31. The number of carbonyl (C=O) groups excluding carboxylic acids is 1. The second-order valence-electron chi connectivity index (χ2n) is 6.39. The number of hydrogen-bond acceptors (Lipinski definition) is 3. The Labute approximate surface area is 131 Å². The summed E-state index contributed by atoms with van der Waals surface area (Å²) in [6, 6.07) is -0.827. The van der Waals surface area contributed by atoms with Gasteiger partial charge in [0.15, 0.2) is 0 Å². The third-order valence-electron chi connectivity index (χ3n) is 4.67. The summed E-state index contributed by atoms with van der Waals surface area (Å²) >= 11 is 0. The van der Waals surface area contributed by atoms with E-state index < -0.39 is 18.1 Å². The van der Waals surface area contributed by atoms with Gasteiger partial charge in [0.25, 0.3) is 0 Å². The third kappa shape index (κ3) is 4.94. The number of alkyl carbamates (subject to hydrolysis) is 1. The van der Waals surface area contributed by atoms with E-state index >= 15 is 0 Å². The number of rotatable bonds is 7. The lowest BCUT2D eigenvalue weighted by atomic mass is 9.84. The van der Waals surface area contributed by atoms with Crippen LogP contribution in [0.4, 0.5) is 4.79 Å². The molecule has 2 aliphatic carbocycles. The maximum atomic E-state index is 11.9. The van der Waals surface area contributed by atoms with Crippen molar-refractivity contribution in [3.8, 4) is 12.3 Å². The number of carbonyl (C=O) groups is 2. The Morgan fingerprint density at radius 1 is 1.32 bits per heavy atom. The molecule has 0 radical (unpaired) electrons. The third-order valence-corrected chi connectivity index (χ3v) is 4.67. The van der Waals surface area contributed by atoms with Gasteiger partial charge in [0.2, 0.25) is 0 Å². The number of carboxylic acid groups (broad SMARTS) is 1. The number of ether oxygens (including phenoxy) is 1. The van der Waals surface area contributed by atoms with Crippen LogP contribution in [0, 0.1) is 24.2 Å². The number of amides is 1. The molecule has 5 heteroatoms. The topological polar surface area (TPSA) is 75.6 Å². The number of unbranched alkanes of at least 4 members (excludes halogenated alkanes) is 1. The minimum atomic E-state index is -0.967. The maximum absolute atomic E-state index is 11.9. The Balaban J connectivity index is 1.73. The van der Waals surface area contributed by atoms with Crippen LogP contribution in [0.2, 0.25) is 0 Å². The lowest BCUT2D eigenvalue weighted by Crippen LogP contribution is -2.47. The summed E-state index contributed by atoms with van der Waals surface area (Å²) in [6.45, 7) is 0. The van der Waals surface area contributed by atoms with Crippen LogP contribution in [0.25, 0.3) is 0 Å². The van der Waals surface area contributed by atoms with Crippen LogP contribution in [0.15, 0.2) is 0 Å². The van der Waals surface area contributed by atoms with E-state index in [-0.39, 0.29) is 12.0 Å². The molecule has 0 saturated heterocycles. The van der Waals surface area contributed by atoms with Gasteiger partial charge in [-0.2, -0.15) is 0 Å². The number of terminal acetylenes is 1. The number of carboxylic acids is 1. The summed E-state index contributed by atoms with van der Waals surface area (Å²) in [7, 11) is 0. The second-order valence-corrected chi connectivity index (χ2v) is 6.39. The Morgan fingerprint density at radius 2 is 2.05 bits per heavy atom. The van der Waals surface area contributed by atoms with Gasteiger partial charge in [-0.15, -0.1) is 12.3 Å². The van der Waals surface area contributed by atoms with E-state index in [0.717, 1.165) is 57.8 Å². The zero-order valence-electron chi connectivity index (χ0n) is 12.9. The van der Waals surface area contributed by atoms with E-state index in [2.05, 4.69) is 11.2 Å². The molecule has 0 aliphatic heterocycles. The molecule has 2 N–H and O–H groups in total. The Kier molecular flexibility index (Phi) is 6.11. The summed E-state index contributed by atoms with van der Waals surface area (Å²) in [5, 5.41) is 11.9. The molecule has 2 rings (SSSR count). The first kappa shape index (κ1) is 16.7. The highest BCUT2D eigenvalue weighted by molar-refractivity contribution is 5.80. The lowest BCUT2D eigenvalue weighted by Gasteiger charge is -2.27. The minimum absolute atomic E-state index is 0.0180. The molecule has 0 unspecified atom stereocenters. The zero-order chi connectivity index (χ0) is 15.9. The lowest BCUT2D eigenvalue weighted by molar-refractivity contribution is -0.141. The van der Waals surface area contributed by atoms with Crippen molar-refractivity contribution in [2.75, 3.05) is 0 Å². The highest BCUT2D eigenvalue weighted by atomic mass is 16.6. The van der Waals surface area contributed by atoms with E-state index in [4.69, 9.17) is 11.2 Å². The molecule has 0 heterocycles. The molecule has 5 nitrogen and oxygen atoms in total. The monoisotopic (exact) mass is 307 g/mol. The van der Waals surface area contributed by atoms with E-state index in [0.29, 0.717) is 5.92 Å². The van der Waals surface area contributed by atoms with Crippen LogP contribution in [0.3, 0.4) is 0 Å². The molecule has 22 heavy (non-hydrogen) atoms. The number of nitrogens with one attached hydrogen (secondary N) is 1. The first-order valence-electron chi connectivity index (χ1n) is 8.25. The Morgan fingerprint density at radius 3 is 2.68 bits per heavy atom. The molecule has 0 aromatic rings. The van der Waals surface area contributed by atoms with Crippen molar-refractivity contribution in [1.82, 2.24) is 5.32 Å². The van der Waals surface area contributed by atoms with Gasteiger partial charge in [-0.1, -0.05) is 19.3 Å². The van der Waals surface area contributed by atoms with Gasteiger partial charge in [-0.3, -0.25) is 0 Å². The van der Waals surface area contributed by atoms with Crippen LogP contribution in [0.5, 0.6) is 0 Å². The molecule has 122 valence electrons. The van der Waals surface area contributed by atoms with E-state index in [1.807, 2.05) is 0 Å². The summed E-state index contributed by atoms with van der Waals surface area (Å²) in [6.07, 6.45) is 13.0. The fraction of sp³-hybridized carbons (Fsp3) is 0.765. The van der Waals surface area contributed by atoms with Crippen molar-refractivity contribution in [1.29, 1.82) is 0 Å². The highest BCUT2D eigenvalue weighted by Crippen LogP contribution is 2.38. The van der Waals surface area contributed by atoms with Crippen molar-refractivity contribution in [3.63, 3.8) is 0 Å². The first-order chi connectivity index (χ1) is 10.6. The van der Waals surface area contributed by atoms with Crippen molar-refractivity contribution in [3.05, 3.63) is 0 Å². The van der Waals surface area contributed by atoms with Crippen LogP contribution in [0.1, 0.15) is 57.8 Å². The predicted molar refractivity (Wildman–Crippen MR) is 82.2 cm³/mol. The van der Waals surface area contributed by atoms with Crippen molar-refractivity contribution >= 4 is 12.1 Å². The summed E-state index contributed by atoms with van der Waals surface area (Å²) in [4.78, 5) is 23.3. The minimum Gasteiger partial charge on any atom is -0.480 e. The molecule has 2 fully saturated rings. The van der Waals surface area contributed by atoms with Crippen molar-refractivity contribution < 1.29 is 19.4 Å². The largest absolute Gasteiger partial charge is 0.480 e. The highest BCUT2D eigenvalue weighted by Gasteiger charge is 2.41. The van der Waals surface area contributed by atoms with Gasteiger partial charge in [0, 0.05) is 6.42 Å². The Bertz CT molecular complexity index is 436. The van der Waals surface area contributed by atoms with Crippen LogP contribution in [-0.2, 0) is 9.53 Å². The molecule has 3 atom stereocenters. The average molecular weight is 307 g/mol. The fourth-order valence-electron chi connectivity index (χ4n) is 3.28. The van der Waals surface area contributed by atoms with Crippen LogP contribution >= 0.6 is 0 Å². The molecule has 0 aromatic carbocycles. The quantitative estimate of drug-likeness (QED) is 0.560. The predicted octanol–water partition coefficient (Wildman–Crippen LogP) is 2.94. The van der Waals surface area contributed by atoms with Gasteiger partial charge in [-0.05, 0) is 43.9 Å². The normalized spacial score (nSPS) is 25.8. The molecule has 0 aromatic heterocycles. The number of hydrogen-bond donors (Lipinski definition) is 2. The van der Waals surface area contributed by atoms with E-state index in [1.165, 1.54) is 0 Å². The van der Waals surface area contributed by atoms with Gasteiger partial charge < -0.3 is 15.2 Å². The number of aliphatic carboxylic acids is 1. The SMILES string of the molecule is C#CCCC[C@@H]1C[C@H]1OC(=O)N[C@H](C(=O)O)C1CCCCC1. The average Bonchev–Trinajstić information content (AvgIpc) is 3.23. The Hall–Kier alpha value is -1.70. The van der Waals surface area contributed by atoms with Gasteiger partial charge in [0.05, 0.1) is 0 Å². The molecule has 2 saturated carbocycles.